The summed E-state index contributed by atoms with van der Waals surface area (Å²) in [6.07, 6.45) is 3.12. The summed E-state index contributed by atoms with van der Waals surface area (Å²) in [4.78, 5) is 16.7. The summed E-state index contributed by atoms with van der Waals surface area (Å²) in [7, 11) is 0. The van der Waals surface area contributed by atoms with Crippen molar-refractivity contribution in [1.82, 2.24) is 14.8 Å². The number of rotatable bonds is 6. The van der Waals surface area contributed by atoms with Crippen molar-refractivity contribution in [3.8, 4) is 23.1 Å². The van der Waals surface area contributed by atoms with E-state index in [4.69, 9.17) is 4.74 Å². The van der Waals surface area contributed by atoms with Crippen LogP contribution in [0.5, 0.6) is 6.01 Å². The fraction of sp³-hybridized carbons (Fsp3) is 0.318. The zero-order chi connectivity index (χ0) is 19.5. The van der Waals surface area contributed by atoms with Crippen molar-refractivity contribution in [1.29, 1.82) is 0 Å². The second-order valence-electron chi connectivity index (χ2n) is 7.09. The van der Waals surface area contributed by atoms with Crippen LogP contribution in [0.25, 0.3) is 17.1 Å². The van der Waals surface area contributed by atoms with Gasteiger partial charge >= 0.3 is 6.01 Å². The van der Waals surface area contributed by atoms with Crippen LogP contribution in [-0.4, -0.2) is 27.3 Å². The van der Waals surface area contributed by atoms with E-state index in [-0.39, 0.29) is 11.8 Å². The molecule has 1 aliphatic rings. The largest absolute Gasteiger partial charge is 0.463 e. The number of nitrogens with zero attached hydrogens (tertiary/aromatic N) is 3. The SMILES string of the molecule is CCOc1nc(-c2ccc(C)cc2)n(-c2ccc(NC(=O)C3CCC3)cc2)n1. The van der Waals surface area contributed by atoms with Crippen LogP contribution >= 0.6 is 0 Å². The number of amides is 1. The van der Waals surface area contributed by atoms with E-state index < -0.39 is 0 Å². The molecule has 4 rings (SSSR count). The quantitative estimate of drug-likeness (QED) is 0.693. The fourth-order valence-electron chi connectivity index (χ4n) is 3.15. The summed E-state index contributed by atoms with van der Waals surface area (Å²) < 4.78 is 7.29. The molecule has 6 nitrogen and oxygen atoms in total. The maximum absolute atomic E-state index is 12.1. The summed E-state index contributed by atoms with van der Waals surface area (Å²) in [6.45, 7) is 4.46. The molecule has 1 aromatic heterocycles. The topological polar surface area (TPSA) is 69.0 Å². The average molecular weight is 376 g/mol. The van der Waals surface area contributed by atoms with E-state index in [1.54, 1.807) is 4.68 Å². The van der Waals surface area contributed by atoms with Crippen LogP contribution in [0.4, 0.5) is 5.69 Å². The molecule has 1 aliphatic carbocycles. The molecular formula is C22H24N4O2. The van der Waals surface area contributed by atoms with Gasteiger partial charge in [0.25, 0.3) is 0 Å². The van der Waals surface area contributed by atoms with Crippen molar-refractivity contribution in [2.24, 2.45) is 5.92 Å². The first-order valence-electron chi connectivity index (χ1n) is 9.72. The Morgan fingerprint density at radius 1 is 1.14 bits per heavy atom. The van der Waals surface area contributed by atoms with Gasteiger partial charge in [-0.3, -0.25) is 4.79 Å². The van der Waals surface area contributed by atoms with E-state index in [0.29, 0.717) is 12.6 Å². The minimum atomic E-state index is 0.110. The molecule has 0 saturated heterocycles. The number of nitrogens with one attached hydrogen (secondary N) is 1. The predicted molar refractivity (Wildman–Crippen MR) is 109 cm³/mol. The molecule has 0 aliphatic heterocycles. The van der Waals surface area contributed by atoms with E-state index in [0.717, 1.165) is 42.0 Å². The highest BCUT2D eigenvalue weighted by Crippen LogP contribution is 2.28. The molecule has 1 saturated carbocycles. The van der Waals surface area contributed by atoms with Crippen molar-refractivity contribution in [2.45, 2.75) is 33.1 Å². The molecule has 0 radical (unpaired) electrons. The number of hydrogen-bond acceptors (Lipinski definition) is 4. The zero-order valence-corrected chi connectivity index (χ0v) is 16.2. The van der Waals surface area contributed by atoms with E-state index >= 15 is 0 Å². The van der Waals surface area contributed by atoms with E-state index in [9.17, 15) is 4.79 Å². The van der Waals surface area contributed by atoms with Gasteiger partial charge in [0.15, 0.2) is 5.82 Å². The highest BCUT2D eigenvalue weighted by atomic mass is 16.5. The Balaban J connectivity index is 1.62. The summed E-state index contributed by atoms with van der Waals surface area (Å²) in [5, 5.41) is 7.50. The lowest BCUT2D eigenvalue weighted by molar-refractivity contribution is -0.122. The molecule has 6 heteroatoms. The first kappa shape index (κ1) is 18.2. The number of carbonyl (C=O) groups is 1. The van der Waals surface area contributed by atoms with Gasteiger partial charge < -0.3 is 10.1 Å². The fourth-order valence-corrected chi connectivity index (χ4v) is 3.15. The number of aromatic nitrogens is 3. The summed E-state index contributed by atoms with van der Waals surface area (Å²) in [6, 6.07) is 16.1. The molecule has 0 unspecified atom stereocenters. The molecule has 28 heavy (non-hydrogen) atoms. The first-order valence-corrected chi connectivity index (χ1v) is 9.72. The summed E-state index contributed by atoms with van der Waals surface area (Å²) in [5.41, 5.74) is 3.80. The van der Waals surface area contributed by atoms with Gasteiger partial charge in [0.1, 0.15) is 0 Å². The third-order valence-electron chi connectivity index (χ3n) is 5.03. The van der Waals surface area contributed by atoms with Crippen molar-refractivity contribution in [3.05, 3.63) is 54.1 Å². The van der Waals surface area contributed by atoms with Gasteiger partial charge in [-0.2, -0.15) is 4.98 Å². The molecule has 1 fully saturated rings. The molecule has 3 aromatic rings. The Kier molecular flexibility index (Phi) is 5.10. The lowest BCUT2D eigenvalue weighted by Gasteiger charge is -2.24. The van der Waals surface area contributed by atoms with Crippen molar-refractivity contribution >= 4 is 11.6 Å². The Hall–Kier alpha value is -3.15. The maximum atomic E-state index is 12.1. The predicted octanol–water partition coefficient (Wildman–Crippen LogP) is 4.38. The number of benzene rings is 2. The van der Waals surface area contributed by atoms with Crippen molar-refractivity contribution < 1.29 is 9.53 Å². The van der Waals surface area contributed by atoms with Crippen LogP contribution in [0.15, 0.2) is 48.5 Å². The molecule has 0 bridgehead atoms. The van der Waals surface area contributed by atoms with Gasteiger partial charge in [0, 0.05) is 17.2 Å². The van der Waals surface area contributed by atoms with Gasteiger partial charge in [-0.1, -0.05) is 36.2 Å². The molecule has 1 amide bonds. The number of carbonyl (C=O) groups excluding carboxylic acids is 1. The standard InChI is InChI=1S/C22H24N4O2/c1-3-28-22-24-20(16-9-7-15(2)8-10-16)26(25-22)19-13-11-18(12-14-19)23-21(27)17-5-4-6-17/h7-14,17H,3-6H2,1-2H3,(H,23,27). The number of anilines is 1. The third-order valence-corrected chi connectivity index (χ3v) is 5.03. The lowest BCUT2D eigenvalue weighted by Crippen LogP contribution is -2.27. The maximum Gasteiger partial charge on any atom is 0.336 e. The Morgan fingerprint density at radius 3 is 2.46 bits per heavy atom. The van der Waals surface area contributed by atoms with Gasteiger partial charge in [0.2, 0.25) is 5.91 Å². The van der Waals surface area contributed by atoms with Gasteiger partial charge in [-0.05, 0) is 51.0 Å². The Bertz CT molecular complexity index is 957. The monoisotopic (exact) mass is 376 g/mol. The van der Waals surface area contributed by atoms with Crippen LogP contribution in [0.3, 0.4) is 0 Å². The molecule has 1 heterocycles. The second kappa shape index (κ2) is 7.84. The smallest absolute Gasteiger partial charge is 0.336 e. The molecular weight excluding hydrogens is 352 g/mol. The highest BCUT2D eigenvalue weighted by Gasteiger charge is 2.25. The van der Waals surface area contributed by atoms with Crippen molar-refractivity contribution in [2.75, 3.05) is 11.9 Å². The minimum Gasteiger partial charge on any atom is -0.463 e. The molecule has 0 spiro atoms. The van der Waals surface area contributed by atoms with Gasteiger partial charge in [-0.15, -0.1) is 5.10 Å². The number of hydrogen-bond donors (Lipinski definition) is 1. The van der Waals surface area contributed by atoms with Crippen LogP contribution < -0.4 is 10.1 Å². The van der Waals surface area contributed by atoms with Gasteiger partial charge in [0.05, 0.1) is 12.3 Å². The van der Waals surface area contributed by atoms with Crippen molar-refractivity contribution in [3.63, 3.8) is 0 Å². The first-order chi connectivity index (χ1) is 13.6. The van der Waals surface area contributed by atoms with E-state index in [2.05, 4.69) is 22.3 Å². The number of ether oxygens (including phenoxy) is 1. The minimum absolute atomic E-state index is 0.110. The third kappa shape index (κ3) is 3.76. The normalized spacial score (nSPS) is 13.8. The molecule has 0 atom stereocenters. The highest BCUT2D eigenvalue weighted by molar-refractivity contribution is 5.93. The summed E-state index contributed by atoms with van der Waals surface area (Å²) in [5.74, 6) is 0.991. The van der Waals surface area contributed by atoms with Crippen LogP contribution in [0, 0.1) is 12.8 Å². The summed E-state index contributed by atoms with van der Waals surface area (Å²) >= 11 is 0. The molecule has 2 aromatic carbocycles. The van der Waals surface area contributed by atoms with E-state index in [1.165, 1.54) is 5.56 Å². The molecule has 144 valence electrons. The van der Waals surface area contributed by atoms with Crippen LogP contribution in [0.1, 0.15) is 31.7 Å². The Morgan fingerprint density at radius 2 is 1.86 bits per heavy atom. The lowest BCUT2D eigenvalue weighted by atomic mass is 9.85. The second-order valence-corrected chi connectivity index (χ2v) is 7.09. The van der Waals surface area contributed by atoms with E-state index in [1.807, 2.05) is 55.5 Å². The average Bonchev–Trinajstić information content (AvgIpc) is 3.06. The zero-order valence-electron chi connectivity index (χ0n) is 16.2. The molecule has 1 N–H and O–H groups in total. The van der Waals surface area contributed by atoms with Crippen LogP contribution in [0.2, 0.25) is 0 Å². The Labute approximate surface area is 164 Å². The van der Waals surface area contributed by atoms with Gasteiger partial charge in [-0.25, -0.2) is 4.68 Å². The number of aryl methyl sites for hydroxylation is 1. The van der Waals surface area contributed by atoms with Crippen LogP contribution in [-0.2, 0) is 4.79 Å².